The molecular formula is C15H17NO5. The van der Waals surface area contributed by atoms with Crippen LogP contribution in [0.15, 0.2) is 24.3 Å². The number of amides is 1. The summed E-state index contributed by atoms with van der Waals surface area (Å²) in [6.07, 6.45) is 1.40. The molecule has 0 aliphatic carbocycles. The number of hydrogen-bond acceptors (Lipinski definition) is 5. The smallest absolute Gasteiger partial charge is 0.337 e. The molecule has 1 amide bonds. The number of esters is 2. The van der Waals surface area contributed by atoms with Gasteiger partial charge < -0.3 is 14.4 Å². The molecule has 6 heteroatoms. The van der Waals surface area contributed by atoms with Crippen molar-refractivity contribution in [1.82, 2.24) is 4.90 Å². The fraction of sp³-hybridized carbons (Fsp3) is 0.400. The van der Waals surface area contributed by atoms with Crippen LogP contribution in [0, 0.1) is 0 Å². The van der Waals surface area contributed by atoms with Gasteiger partial charge in [-0.25, -0.2) is 9.59 Å². The van der Waals surface area contributed by atoms with Crippen LogP contribution < -0.4 is 4.74 Å². The summed E-state index contributed by atoms with van der Waals surface area (Å²) in [4.78, 5) is 36.3. The zero-order valence-corrected chi connectivity index (χ0v) is 12.0. The molecule has 1 aromatic rings. The molecule has 2 rings (SSSR count). The molecule has 1 aliphatic heterocycles. The van der Waals surface area contributed by atoms with Gasteiger partial charge in [0.05, 0.1) is 12.7 Å². The number of carbonyl (C=O) groups is 3. The summed E-state index contributed by atoms with van der Waals surface area (Å²) in [5, 5.41) is 0. The Morgan fingerprint density at radius 1 is 1.19 bits per heavy atom. The molecule has 0 radical (unpaired) electrons. The Bertz CT molecular complexity index is 552. The van der Waals surface area contributed by atoms with Crippen molar-refractivity contribution in [2.75, 3.05) is 13.7 Å². The van der Waals surface area contributed by atoms with Crippen LogP contribution in [0.4, 0.5) is 0 Å². The molecular weight excluding hydrogens is 274 g/mol. The van der Waals surface area contributed by atoms with E-state index in [0.717, 1.165) is 6.42 Å². The highest BCUT2D eigenvalue weighted by Gasteiger charge is 2.33. The van der Waals surface area contributed by atoms with Gasteiger partial charge in [-0.05, 0) is 37.1 Å². The van der Waals surface area contributed by atoms with Crippen molar-refractivity contribution in [2.45, 2.75) is 25.8 Å². The Morgan fingerprint density at radius 2 is 1.86 bits per heavy atom. The van der Waals surface area contributed by atoms with Gasteiger partial charge in [-0.2, -0.15) is 0 Å². The predicted molar refractivity (Wildman–Crippen MR) is 73.8 cm³/mol. The van der Waals surface area contributed by atoms with Crippen molar-refractivity contribution in [3.63, 3.8) is 0 Å². The molecule has 21 heavy (non-hydrogen) atoms. The molecule has 1 atom stereocenters. The summed E-state index contributed by atoms with van der Waals surface area (Å²) < 4.78 is 9.85. The summed E-state index contributed by atoms with van der Waals surface area (Å²) in [5.41, 5.74) is 0.378. The lowest BCUT2D eigenvalue weighted by molar-refractivity contribution is -0.145. The number of hydrogen-bond donors (Lipinski definition) is 0. The Hall–Kier alpha value is -2.37. The second-order valence-electron chi connectivity index (χ2n) is 4.81. The molecule has 1 fully saturated rings. The van der Waals surface area contributed by atoms with E-state index in [1.165, 1.54) is 43.2 Å². The molecule has 0 N–H and O–H groups in total. The maximum Gasteiger partial charge on any atom is 0.337 e. The highest BCUT2D eigenvalue weighted by Crippen LogP contribution is 2.20. The number of benzene rings is 1. The van der Waals surface area contributed by atoms with Crippen LogP contribution in [0.25, 0.3) is 0 Å². The molecule has 0 bridgehead atoms. The first kappa shape index (κ1) is 15.0. The average Bonchev–Trinajstić information content (AvgIpc) is 2.97. The third kappa shape index (κ3) is 3.39. The number of rotatable bonds is 3. The summed E-state index contributed by atoms with van der Waals surface area (Å²) in [5.74, 6) is -0.696. The van der Waals surface area contributed by atoms with Gasteiger partial charge in [-0.1, -0.05) is 0 Å². The van der Waals surface area contributed by atoms with Gasteiger partial charge >= 0.3 is 11.9 Å². The Labute approximate surface area is 122 Å². The van der Waals surface area contributed by atoms with Gasteiger partial charge in [-0.15, -0.1) is 0 Å². The van der Waals surface area contributed by atoms with E-state index in [1.54, 1.807) is 0 Å². The van der Waals surface area contributed by atoms with Gasteiger partial charge in [0.2, 0.25) is 5.91 Å². The fourth-order valence-corrected chi connectivity index (χ4v) is 2.35. The number of nitrogens with zero attached hydrogens (tertiary/aromatic N) is 1. The normalized spacial score (nSPS) is 17.4. The molecule has 0 aromatic heterocycles. The van der Waals surface area contributed by atoms with Crippen LogP contribution in [0.3, 0.4) is 0 Å². The van der Waals surface area contributed by atoms with Gasteiger partial charge in [-0.3, -0.25) is 4.79 Å². The molecule has 112 valence electrons. The van der Waals surface area contributed by atoms with Crippen molar-refractivity contribution in [1.29, 1.82) is 0 Å². The lowest BCUT2D eigenvalue weighted by Crippen LogP contribution is -2.41. The van der Waals surface area contributed by atoms with Crippen molar-refractivity contribution in [2.24, 2.45) is 0 Å². The van der Waals surface area contributed by atoms with E-state index < -0.39 is 18.0 Å². The highest BCUT2D eigenvalue weighted by atomic mass is 16.5. The van der Waals surface area contributed by atoms with E-state index in [-0.39, 0.29) is 5.91 Å². The first-order valence-corrected chi connectivity index (χ1v) is 6.70. The van der Waals surface area contributed by atoms with Crippen molar-refractivity contribution >= 4 is 17.8 Å². The quantitative estimate of drug-likeness (QED) is 0.621. The summed E-state index contributed by atoms with van der Waals surface area (Å²) >= 11 is 0. The first-order valence-electron chi connectivity index (χ1n) is 6.70. The van der Waals surface area contributed by atoms with Gasteiger partial charge in [0.1, 0.15) is 11.8 Å². The third-order valence-corrected chi connectivity index (χ3v) is 3.42. The number of ether oxygens (including phenoxy) is 2. The van der Waals surface area contributed by atoms with Crippen LogP contribution in [0.1, 0.15) is 30.1 Å². The molecule has 1 heterocycles. The van der Waals surface area contributed by atoms with Gasteiger partial charge in [0, 0.05) is 13.5 Å². The topological polar surface area (TPSA) is 72.9 Å². The number of carbonyl (C=O) groups excluding carboxylic acids is 3. The Kier molecular flexibility index (Phi) is 4.57. The van der Waals surface area contributed by atoms with Crippen LogP contribution in [-0.4, -0.2) is 42.4 Å². The highest BCUT2D eigenvalue weighted by molar-refractivity contribution is 5.89. The molecule has 6 nitrogen and oxygen atoms in total. The minimum Gasteiger partial charge on any atom is -0.465 e. The minimum atomic E-state index is -0.525. The SMILES string of the molecule is COC(=O)c1ccc(OC(=O)[C@@H]2CCCN2C(C)=O)cc1. The van der Waals surface area contributed by atoms with Crippen LogP contribution in [0.5, 0.6) is 5.75 Å². The summed E-state index contributed by atoms with van der Waals surface area (Å²) in [6, 6.07) is 5.56. The lowest BCUT2D eigenvalue weighted by atomic mass is 10.2. The summed E-state index contributed by atoms with van der Waals surface area (Å²) in [6.45, 7) is 2.02. The lowest BCUT2D eigenvalue weighted by Gasteiger charge is -2.21. The van der Waals surface area contributed by atoms with Crippen molar-refractivity contribution in [3.05, 3.63) is 29.8 Å². The molecule has 1 aliphatic rings. The Morgan fingerprint density at radius 3 is 2.43 bits per heavy atom. The number of methoxy groups -OCH3 is 1. The van der Waals surface area contributed by atoms with Crippen LogP contribution in [-0.2, 0) is 14.3 Å². The summed E-state index contributed by atoms with van der Waals surface area (Å²) in [7, 11) is 1.30. The Balaban J connectivity index is 2.02. The average molecular weight is 291 g/mol. The van der Waals surface area contributed by atoms with E-state index in [1.807, 2.05) is 0 Å². The third-order valence-electron chi connectivity index (χ3n) is 3.42. The monoisotopic (exact) mass is 291 g/mol. The zero-order chi connectivity index (χ0) is 15.4. The van der Waals surface area contributed by atoms with E-state index in [4.69, 9.17) is 4.74 Å². The van der Waals surface area contributed by atoms with Crippen LogP contribution >= 0.6 is 0 Å². The fourth-order valence-electron chi connectivity index (χ4n) is 2.35. The van der Waals surface area contributed by atoms with Crippen molar-refractivity contribution in [3.8, 4) is 5.75 Å². The second kappa shape index (κ2) is 6.39. The largest absolute Gasteiger partial charge is 0.465 e. The molecule has 0 saturated carbocycles. The molecule has 1 saturated heterocycles. The molecule has 0 spiro atoms. The first-order chi connectivity index (χ1) is 10.0. The standard InChI is InChI=1S/C15H17NO5/c1-10(17)16-9-3-4-13(16)15(19)21-12-7-5-11(6-8-12)14(18)20-2/h5-8,13H,3-4,9H2,1-2H3/t13-/m0/s1. The molecule has 1 aromatic carbocycles. The zero-order valence-electron chi connectivity index (χ0n) is 12.0. The van der Waals surface area contributed by atoms with E-state index in [9.17, 15) is 14.4 Å². The molecule has 0 unspecified atom stereocenters. The maximum atomic E-state index is 12.1. The van der Waals surface area contributed by atoms with E-state index in [0.29, 0.717) is 24.3 Å². The predicted octanol–water partition coefficient (Wildman–Crippen LogP) is 1.39. The maximum absolute atomic E-state index is 12.1. The van der Waals surface area contributed by atoms with Gasteiger partial charge in [0.15, 0.2) is 0 Å². The van der Waals surface area contributed by atoms with Crippen LogP contribution in [0.2, 0.25) is 0 Å². The second-order valence-corrected chi connectivity index (χ2v) is 4.81. The van der Waals surface area contributed by atoms with E-state index in [2.05, 4.69) is 4.74 Å². The van der Waals surface area contributed by atoms with Gasteiger partial charge in [0.25, 0.3) is 0 Å². The minimum absolute atomic E-state index is 0.129. The van der Waals surface area contributed by atoms with E-state index >= 15 is 0 Å². The van der Waals surface area contributed by atoms with Crippen molar-refractivity contribution < 1.29 is 23.9 Å². The number of likely N-dealkylation sites (tertiary alicyclic amines) is 1.